The Kier molecular flexibility index (Phi) is 7.52. The molecule has 1 aliphatic rings. The van der Waals surface area contributed by atoms with E-state index in [0.29, 0.717) is 6.42 Å². The van der Waals surface area contributed by atoms with Gasteiger partial charge in [0.05, 0.1) is 12.6 Å². The highest BCUT2D eigenvalue weighted by Crippen LogP contribution is 2.11. The first kappa shape index (κ1) is 17.9. The van der Waals surface area contributed by atoms with Crippen LogP contribution < -0.4 is 5.32 Å². The first-order valence-corrected chi connectivity index (χ1v) is 8.47. The fraction of sp³-hybridized carbons (Fsp3) is 0.611. The van der Waals surface area contributed by atoms with Crippen molar-refractivity contribution in [2.45, 2.75) is 19.4 Å². The first-order chi connectivity index (χ1) is 11.2. The van der Waals surface area contributed by atoms with Crippen molar-refractivity contribution in [1.82, 2.24) is 15.1 Å². The van der Waals surface area contributed by atoms with Gasteiger partial charge in [-0.25, -0.2) is 0 Å². The minimum absolute atomic E-state index is 0.0644. The third-order valence-electron chi connectivity index (χ3n) is 4.41. The van der Waals surface area contributed by atoms with Crippen molar-refractivity contribution < 1.29 is 9.53 Å². The number of carbonyl (C=O) groups is 1. The molecule has 0 aromatic heterocycles. The summed E-state index contributed by atoms with van der Waals surface area (Å²) < 4.78 is 5.12. The third-order valence-corrected chi connectivity index (χ3v) is 4.41. The Morgan fingerprint density at radius 1 is 1.13 bits per heavy atom. The van der Waals surface area contributed by atoms with Crippen molar-refractivity contribution >= 4 is 5.91 Å². The number of amides is 1. The number of nitrogens with zero attached hydrogens (tertiary/aromatic N) is 2. The molecular weight excluding hydrogens is 290 g/mol. The van der Waals surface area contributed by atoms with E-state index in [1.54, 1.807) is 7.11 Å². The molecule has 1 fully saturated rings. The van der Waals surface area contributed by atoms with E-state index < -0.39 is 0 Å². The van der Waals surface area contributed by atoms with Crippen molar-refractivity contribution in [2.75, 3.05) is 53.0 Å². The summed E-state index contributed by atoms with van der Waals surface area (Å²) in [6.07, 6.45) is 0.565. The molecule has 0 aliphatic carbocycles. The Bertz CT molecular complexity index is 459. The van der Waals surface area contributed by atoms with Crippen LogP contribution in [0.4, 0.5) is 0 Å². The number of benzene rings is 1. The van der Waals surface area contributed by atoms with Gasteiger partial charge in [-0.15, -0.1) is 0 Å². The fourth-order valence-corrected chi connectivity index (χ4v) is 2.86. The van der Waals surface area contributed by atoms with E-state index >= 15 is 0 Å². The molecule has 128 valence electrons. The van der Waals surface area contributed by atoms with Crippen molar-refractivity contribution in [3.05, 3.63) is 35.9 Å². The summed E-state index contributed by atoms with van der Waals surface area (Å²) in [6, 6.07) is 10.1. The van der Waals surface area contributed by atoms with Crippen molar-refractivity contribution in [3.8, 4) is 0 Å². The van der Waals surface area contributed by atoms with Crippen LogP contribution in [0.2, 0.25) is 0 Å². The van der Waals surface area contributed by atoms with Gasteiger partial charge in [0.2, 0.25) is 5.91 Å². The van der Waals surface area contributed by atoms with Gasteiger partial charge in [-0.1, -0.05) is 30.3 Å². The van der Waals surface area contributed by atoms with E-state index in [9.17, 15) is 4.79 Å². The number of methoxy groups -OCH3 is 1. The number of hydrogen-bond acceptors (Lipinski definition) is 4. The lowest BCUT2D eigenvalue weighted by Gasteiger charge is -2.34. The van der Waals surface area contributed by atoms with Crippen LogP contribution in [0.1, 0.15) is 24.9 Å². The zero-order valence-corrected chi connectivity index (χ0v) is 14.3. The maximum atomic E-state index is 12.1. The Morgan fingerprint density at radius 3 is 2.35 bits per heavy atom. The summed E-state index contributed by atoms with van der Waals surface area (Å²) in [5, 5.41) is 3.08. The highest BCUT2D eigenvalue weighted by Gasteiger charge is 2.17. The lowest BCUT2D eigenvalue weighted by Crippen LogP contribution is -2.48. The molecule has 1 atom stereocenters. The maximum absolute atomic E-state index is 12.1. The highest BCUT2D eigenvalue weighted by atomic mass is 16.5. The van der Waals surface area contributed by atoms with Crippen molar-refractivity contribution in [2.24, 2.45) is 0 Å². The Hall–Kier alpha value is -1.43. The molecule has 1 saturated heterocycles. The Morgan fingerprint density at radius 2 is 1.74 bits per heavy atom. The van der Waals surface area contributed by atoms with Crippen LogP contribution in [0.3, 0.4) is 0 Å². The molecule has 1 amide bonds. The predicted octanol–water partition coefficient (Wildman–Crippen LogP) is 1.52. The van der Waals surface area contributed by atoms with Gasteiger partial charge in [-0.05, 0) is 12.5 Å². The Balaban J connectivity index is 1.63. The van der Waals surface area contributed by atoms with Crippen molar-refractivity contribution in [1.29, 1.82) is 0 Å². The molecule has 1 aromatic rings. The van der Waals surface area contributed by atoms with Gasteiger partial charge in [-0.2, -0.15) is 0 Å². The molecule has 0 unspecified atom stereocenters. The summed E-state index contributed by atoms with van der Waals surface area (Å²) in [6.45, 7) is 8.85. The van der Waals surface area contributed by atoms with Gasteiger partial charge in [-0.3, -0.25) is 9.69 Å². The number of nitrogens with one attached hydrogen (secondary N) is 1. The SMILES string of the molecule is COCCN1CCN(CCC(=O)N[C@@H](C)c2ccccc2)CC1. The standard InChI is InChI=1S/C18H29N3O2/c1-16(17-6-4-3-5-7-17)19-18(22)8-9-20-10-12-21(13-11-20)14-15-23-2/h3-7,16H,8-15H2,1-2H3,(H,19,22)/t16-/m0/s1. The quantitative estimate of drug-likeness (QED) is 0.789. The summed E-state index contributed by atoms with van der Waals surface area (Å²) >= 11 is 0. The highest BCUT2D eigenvalue weighted by molar-refractivity contribution is 5.76. The largest absolute Gasteiger partial charge is 0.383 e. The van der Waals surface area contributed by atoms with Gasteiger partial charge in [0, 0.05) is 52.8 Å². The zero-order chi connectivity index (χ0) is 16.5. The smallest absolute Gasteiger partial charge is 0.221 e. The number of piperazine rings is 1. The number of hydrogen-bond donors (Lipinski definition) is 1. The summed E-state index contributed by atoms with van der Waals surface area (Å²) in [7, 11) is 1.74. The van der Waals surface area contributed by atoms with Gasteiger partial charge in [0.25, 0.3) is 0 Å². The van der Waals surface area contributed by atoms with Gasteiger partial charge in [0.1, 0.15) is 0 Å². The molecule has 23 heavy (non-hydrogen) atoms. The molecular formula is C18H29N3O2. The average molecular weight is 319 g/mol. The predicted molar refractivity (Wildman–Crippen MR) is 92.4 cm³/mol. The van der Waals surface area contributed by atoms with E-state index in [1.165, 1.54) is 0 Å². The molecule has 1 aromatic carbocycles. The molecule has 5 heteroatoms. The second kappa shape index (κ2) is 9.65. The molecule has 0 bridgehead atoms. The van der Waals surface area contributed by atoms with E-state index in [-0.39, 0.29) is 11.9 Å². The summed E-state index contributed by atoms with van der Waals surface area (Å²) in [4.78, 5) is 16.9. The molecule has 0 saturated carbocycles. The topological polar surface area (TPSA) is 44.8 Å². The lowest BCUT2D eigenvalue weighted by molar-refractivity contribution is -0.122. The van der Waals surface area contributed by atoms with Gasteiger partial charge >= 0.3 is 0 Å². The average Bonchev–Trinajstić information content (AvgIpc) is 2.59. The van der Waals surface area contributed by atoms with E-state index in [0.717, 1.165) is 51.4 Å². The molecule has 2 rings (SSSR count). The van der Waals surface area contributed by atoms with Crippen LogP contribution >= 0.6 is 0 Å². The third kappa shape index (κ3) is 6.29. The van der Waals surface area contributed by atoms with Crippen LogP contribution in [0.15, 0.2) is 30.3 Å². The number of rotatable bonds is 8. The minimum Gasteiger partial charge on any atom is -0.383 e. The zero-order valence-electron chi connectivity index (χ0n) is 14.3. The lowest BCUT2D eigenvalue weighted by atomic mass is 10.1. The molecule has 1 N–H and O–H groups in total. The Labute approximate surface area is 139 Å². The molecule has 1 heterocycles. The summed E-state index contributed by atoms with van der Waals surface area (Å²) in [5.41, 5.74) is 1.15. The van der Waals surface area contributed by atoms with Crippen LogP contribution in [0.25, 0.3) is 0 Å². The summed E-state index contributed by atoms with van der Waals surface area (Å²) in [5.74, 6) is 0.128. The fourth-order valence-electron chi connectivity index (χ4n) is 2.86. The monoisotopic (exact) mass is 319 g/mol. The molecule has 1 aliphatic heterocycles. The first-order valence-electron chi connectivity index (χ1n) is 8.47. The second-order valence-corrected chi connectivity index (χ2v) is 6.13. The second-order valence-electron chi connectivity index (χ2n) is 6.13. The minimum atomic E-state index is 0.0644. The molecule has 0 radical (unpaired) electrons. The van der Waals surface area contributed by atoms with Crippen LogP contribution in [0, 0.1) is 0 Å². The van der Waals surface area contributed by atoms with Gasteiger partial charge < -0.3 is 15.0 Å². The van der Waals surface area contributed by atoms with E-state index in [4.69, 9.17) is 4.74 Å². The van der Waals surface area contributed by atoms with E-state index in [2.05, 4.69) is 15.1 Å². The van der Waals surface area contributed by atoms with E-state index in [1.807, 2.05) is 37.3 Å². The number of ether oxygens (including phenoxy) is 1. The van der Waals surface area contributed by atoms with Crippen LogP contribution in [-0.2, 0) is 9.53 Å². The number of carbonyl (C=O) groups excluding carboxylic acids is 1. The normalized spacial score (nSPS) is 17.8. The molecule has 5 nitrogen and oxygen atoms in total. The van der Waals surface area contributed by atoms with Crippen molar-refractivity contribution in [3.63, 3.8) is 0 Å². The van der Waals surface area contributed by atoms with Gasteiger partial charge in [0.15, 0.2) is 0 Å². The van der Waals surface area contributed by atoms with Crippen LogP contribution in [0.5, 0.6) is 0 Å². The maximum Gasteiger partial charge on any atom is 0.221 e. The van der Waals surface area contributed by atoms with Crippen LogP contribution in [-0.4, -0.2) is 68.7 Å². The molecule has 0 spiro atoms.